The van der Waals surface area contributed by atoms with Gasteiger partial charge in [-0.3, -0.25) is 0 Å². The first kappa shape index (κ1) is 20.1. The molecule has 0 saturated carbocycles. The van der Waals surface area contributed by atoms with Gasteiger partial charge in [0.15, 0.2) is 0 Å². The largest absolute Gasteiger partial charge is 0.465 e. The third kappa shape index (κ3) is 4.31. The number of aryl methyl sites for hydroxylation is 3. The molecule has 1 atom stereocenters. The predicted octanol–water partition coefficient (Wildman–Crippen LogP) is 3.83. The molecule has 6 heteroatoms. The van der Waals surface area contributed by atoms with E-state index in [9.17, 15) is 13.2 Å². The van der Waals surface area contributed by atoms with Crippen molar-refractivity contribution < 1.29 is 17.9 Å². The van der Waals surface area contributed by atoms with Gasteiger partial charge in [0.1, 0.15) is 0 Å². The van der Waals surface area contributed by atoms with E-state index in [1.54, 1.807) is 13.0 Å². The first-order valence-corrected chi connectivity index (χ1v) is 9.96. The van der Waals surface area contributed by atoms with Gasteiger partial charge in [0.25, 0.3) is 0 Å². The average Bonchev–Trinajstić information content (AvgIpc) is 2.61. The van der Waals surface area contributed by atoms with Crippen molar-refractivity contribution in [1.29, 1.82) is 0 Å². The summed E-state index contributed by atoms with van der Waals surface area (Å²) < 4.78 is 33.1. The summed E-state index contributed by atoms with van der Waals surface area (Å²) in [5.74, 6) is -0.555. The lowest BCUT2D eigenvalue weighted by atomic mass is 10.0. The third-order valence-corrected chi connectivity index (χ3v) is 6.03. The van der Waals surface area contributed by atoms with Crippen LogP contribution in [-0.2, 0) is 14.8 Å². The Morgan fingerprint density at radius 3 is 2.27 bits per heavy atom. The minimum absolute atomic E-state index is 0.0470. The van der Waals surface area contributed by atoms with Crippen LogP contribution in [0.3, 0.4) is 0 Å². The van der Waals surface area contributed by atoms with E-state index >= 15 is 0 Å². The zero-order valence-electron chi connectivity index (χ0n) is 15.8. The number of hydrogen-bond donors (Lipinski definition) is 1. The van der Waals surface area contributed by atoms with Crippen LogP contribution in [-0.4, -0.2) is 21.5 Å². The molecule has 0 fully saturated rings. The molecule has 0 radical (unpaired) electrons. The molecule has 0 saturated heterocycles. The minimum Gasteiger partial charge on any atom is -0.465 e. The first-order valence-electron chi connectivity index (χ1n) is 8.48. The second-order valence-corrected chi connectivity index (χ2v) is 8.11. The van der Waals surface area contributed by atoms with Crippen LogP contribution in [0.1, 0.15) is 52.0 Å². The highest BCUT2D eigenvalue weighted by Gasteiger charge is 2.22. The number of benzene rings is 2. The van der Waals surface area contributed by atoms with Crippen molar-refractivity contribution in [2.24, 2.45) is 0 Å². The maximum Gasteiger partial charge on any atom is 0.338 e. The minimum atomic E-state index is -3.78. The van der Waals surface area contributed by atoms with Crippen LogP contribution in [0.2, 0.25) is 0 Å². The van der Waals surface area contributed by atoms with Crippen molar-refractivity contribution in [3.8, 4) is 0 Å². The van der Waals surface area contributed by atoms with Crippen LogP contribution in [0.15, 0.2) is 41.3 Å². The van der Waals surface area contributed by atoms with Crippen LogP contribution in [0.5, 0.6) is 0 Å². The number of carbonyl (C=O) groups excluding carboxylic acids is 1. The topological polar surface area (TPSA) is 72.5 Å². The number of ether oxygens (including phenoxy) is 1. The molecule has 0 amide bonds. The fraction of sp³-hybridized carbons (Fsp3) is 0.350. The molecule has 0 spiro atoms. The van der Waals surface area contributed by atoms with Gasteiger partial charge in [0.2, 0.25) is 10.0 Å². The van der Waals surface area contributed by atoms with E-state index in [-0.39, 0.29) is 16.5 Å². The monoisotopic (exact) mass is 375 g/mol. The second-order valence-electron chi connectivity index (χ2n) is 6.39. The lowest BCUT2D eigenvalue weighted by Gasteiger charge is -2.19. The summed E-state index contributed by atoms with van der Waals surface area (Å²) in [6.45, 7) is 7.69. The van der Waals surface area contributed by atoms with Crippen molar-refractivity contribution in [3.63, 3.8) is 0 Å². The first-order chi connectivity index (χ1) is 12.2. The predicted molar refractivity (Wildman–Crippen MR) is 102 cm³/mol. The highest BCUT2D eigenvalue weighted by atomic mass is 32.2. The normalized spacial score (nSPS) is 12.7. The Kier molecular flexibility index (Phi) is 6.21. The molecule has 0 aliphatic rings. The van der Waals surface area contributed by atoms with Crippen LogP contribution in [0.25, 0.3) is 0 Å². The SMILES string of the molecule is CCC(NS(=O)(=O)c1ccc(C)c(C(=O)OC)c1)c1ccc(C)c(C)c1. The van der Waals surface area contributed by atoms with Gasteiger partial charge in [-0.25, -0.2) is 17.9 Å². The lowest BCUT2D eigenvalue weighted by Crippen LogP contribution is -2.28. The maximum atomic E-state index is 12.8. The van der Waals surface area contributed by atoms with Crippen molar-refractivity contribution in [1.82, 2.24) is 4.72 Å². The number of hydrogen-bond acceptors (Lipinski definition) is 4. The molecule has 1 N–H and O–H groups in total. The Hall–Kier alpha value is -2.18. The highest BCUT2D eigenvalue weighted by Crippen LogP contribution is 2.23. The van der Waals surface area contributed by atoms with Crippen LogP contribution in [0.4, 0.5) is 0 Å². The van der Waals surface area contributed by atoms with Gasteiger partial charge < -0.3 is 4.74 Å². The van der Waals surface area contributed by atoms with Gasteiger partial charge >= 0.3 is 5.97 Å². The molecule has 0 aromatic heterocycles. The smallest absolute Gasteiger partial charge is 0.338 e. The number of nitrogens with one attached hydrogen (secondary N) is 1. The molecule has 2 aromatic carbocycles. The summed E-state index contributed by atoms with van der Waals surface area (Å²) in [6.07, 6.45) is 0.609. The molecule has 26 heavy (non-hydrogen) atoms. The lowest BCUT2D eigenvalue weighted by molar-refractivity contribution is 0.0599. The number of sulfonamides is 1. The molecule has 0 bridgehead atoms. The van der Waals surface area contributed by atoms with Gasteiger partial charge in [-0.05, 0) is 61.6 Å². The second kappa shape index (κ2) is 8.01. The van der Waals surface area contributed by atoms with Crippen LogP contribution in [0, 0.1) is 20.8 Å². The Bertz CT molecular complexity index is 919. The van der Waals surface area contributed by atoms with Crippen LogP contribution < -0.4 is 4.72 Å². The number of methoxy groups -OCH3 is 1. The molecule has 140 valence electrons. The van der Waals surface area contributed by atoms with Gasteiger partial charge in [0, 0.05) is 6.04 Å². The zero-order valence-corrected chi connectivity index (χ0v) is 16.6. The Labute approximate surface area is 155 Å². The molecule has 1 unspecified atom stereocenters. The number of carbonyl (C=O) groups is 1. The van der Waals surface area contributed by atoms with E-state index in [1.165, 1.54) is 19.2 Å². The quantitative estimate of drug-likeness (QED) is 0.779. The van der Waals surface area contributed by atoms with E-state index in [2.05, 4.69) is 4.72 Å². The van der Waals surface area contributed by atoms with Gasteiger partial charge in [0.05, 0.1) is 17.6 Å². The van der Waals surface area contributed by atoms with E-state index in [0.29, 0.717) is 12.0 Å². The standard InChI is InChI=1S/C20H25NO4S/c1-6-19(16-9-7-13(2)15(4)11-16)21-26(23,24)17-10-8-14(3)18(12-17)20(22)25-5/h7-12,19,21H,6H2,1-5H3. The molecule has 2 rings (SSSR count). The Balaban J connectivity index is 2.37. The van der Waals surface area contributed by atoms with Crippen molar-refractivity contribution in [2.75, 3.05) is 7.11 Å². The summed E-state index contributed by atoms with van der Waals surface area (Å²) in [5, 5.41) is 0. The fourth-order valence-electron chi connectivity index (χ4n) is 2.72. The molecule has 0 aliphatic heterocycles. The van der Waals surface area contributed by atoms with E-state index < -0.39 is 16.0 Å². The summed E-state index contributed by atoms with van der Waals surface area (Å²) in [4.78, 5) is 11.9. The summed E-state index contributed by atoms with van der Waals surface area (Å²) >= 11 is 0. The Morgan fingerprint density at radius 1 is 1.04 bits per heavy atom. The third-order valence-electron chi connectivity index (χ3n) is 4.56. The fourth-order valence-corrected chi connectivity index (χ4v) is 4.06. The number of rotatable bonds is 6. The van der Waals surface area contributed by atoms with E-state index in [4.69, 9.17) is 4.74 Å². The molecular weight excluding hydrogens is 350 g/mol. The zero-order chi connectivity index (χ0) is 19.5. The van der Waals surface area contributed by atoms with Crippen LogP contribution >= 0.6 is 0 Å². The molecule has 0 heterocycles. The summed E-state index contributed by atoms with van der Waals surface area (Å²) in [7, 11) is -2.51. The molecule has 5 nitrogen and oxygen atoms in total. The molecule has 0 aliphatic carbocycles. The molecular formula is C20H25NO4S. The van der Waals surface area contributed by atoms with E-state index in [0.717, 1.165) is 16.7 Å². The van der Waals surface area contributed by atoms with Gasteiger partial charge in [-0.1, -0.05) is 31.2 Å². The van der Waals surface area contributed by atoms with Gasteiger partial charge in [-0.15, -0.1) is 0 Å². The maximum absolute atomic E-state index is 12.8. The van der Waals surface area contributed by atoms with E-state index in [1.807, 2.05) is 39.0 Å². The average molecular weight is 375 g/mol. The van der Waals surface area contributed by atoms with Crippen molar-refractivity contribution >= 4 is 16.0 Å². The summed E-state index contributed by atoms with van der Waals surface area (Å²) in [5.41, 5.74) is 4.10. The van der Waals surface area contributed by atoms with Crippen molar-refractivity contribution in [2.45, 2.75) is 45.1 Å². The number of esters is 1. The summed E-state index contributed by atoms with van der Waals surface area (Å²) in [6, 6.07) is 10.0. The van der Waals surface area contributed by atoms with Gasteiger partial charge in [-0.2, -0.15) is 0 Å². The highest BCUT2D eigenvalue weighted by molar-refractivity contribution is 7.89. The Morgan fingerprint density at radius 2 is 1.69 bits per heavy atom. The van der Waals surface area contributed by atoms with Crippen molar-refractivity contribution in [3.05, 3.63) is 64.2 Å². The molecule has 2 aromatic rings.